The van der Waals surface area contributed by atoms with Crippen molar-refractivity contribution in [2.24, 2.45) is 0 Å². The van der Waals surface area contributed by atoms with Crippen LogP contribution >= 0.6 is 0 Å². The number of aromatic amines is 1. The van der Waals surface area contributed by atoms with Gasteiger partial charge in [0.25, 0.3) is 0 Å². The molecule has 0 saturated heterocycles. The molecule has 0 atom stereocenters. The second kappa shape index (κ2) is 4.93. The van der Waals surface area contributed by atoms with Crippen LogP contribution in [0.2, 0.25) is 0 Å². The van der Waals surface area contributed by atoms with Gasteiger partial charge in [-0.05, 0) is 13.0 Å². The Morgan fingerprint density at radius 2 is 2.19 bits per heavy atom. The minimum absolute atomic E-state index is 0.863. The van der Waals surface area contributed by atoms with Crippen LogP contribution in [0.1, 0.15) is 22.8 Å². The molecule has 3 heterocycles. The van der Waals surface area contributed by atoms with Crippen molar-refractivity contribution in [1.82, 2.24) is 25.1 Å². The molecule has 0 aliphatic carbocycles. The lowest BCUT2D eigenvalue weighted by Crippen LogP contribution is -2.31. The monoisotopic (exact) mass is 279 g/mol. The SMILES string of the molecule is Cc1ncc2c(n1)CCN(Cc1[nH]nc3ccccc13)C2. The smallest absolute Gasteiger partial charge is 0.125 e. The number of hydrogen-bond donors (Lipinski definition) is 1. The Morgan fingerprint density at radius 3 is 3.14 bits per heavy atom. The zero-order valence-corrected chi connectivity index (χ0v) is 12.0. The minimum Gasteiger partial charge on any atom is -0.293 e. The van der Waals surface area contributed by atoms with Crippen LogP contribution in [0.15, 0.2) is 30.5 Å². The Bertz CT molecular complexity index is 792. The molecule has 0 spiro atoms. The topological polar surface area (TPSA) is 57.7 Å². The van der Waals surface area contributed by atoms with Crippen LogP contribution in [0.4, 0.5) is 0 Å². The lowest BCUT2D eigenvalue weighted by molar-refractivity contribution is 0.240. The first-order valence-corrected chi connectivity index (χ1v) is 7.25. The van der Waals surface area contributed by atoms with Crippen molar-refractivity contribution in [2.75, 3.05) is 6.54 Å². The fraction of sp³-hybridized carbons (Fsp3) is 0.312. The van der Waals surface area contributed by atoms with Gasteiger partial charge in [-0.25, -0.2) is 9.97 Å². The summed E-state index contributed by atoms with van der Waals surface area (Å²) in [6, 6.07) is 8.24. The summed E-state index contributed by atoms with van der Waals surface area (Å²) >= 11 is 0. The van der Waals surface area contributed by atoms with Gasteiger partial charge in [0.2, 0.25) is 0 Å². The maximum atomic E-state index is 4.54. The highest BCUT2D eigenvalue weighted by molar-refractivity contribution is 5.81. The van der Waals surface area contributed by atoms with Gasteiger partial charge in [0.05, 0.1) is 11.2 Å². The summed E-state index contributed by atoms with van der Waals surface area (Å²) in [5, 5.41) is 8.75. The number of H-pyrrole nitrogens is 1. The third kappa shape index (κ3) is 2.29. The first-order valence-electron chi connectivity index (χ1n) is 7.25. The second-order valence-corrected chi connectivity index (χ2v) is 5.57. The molecule has 3 aromatic rings. The van der Waals surface area contributed by atoms with Crippen LogP contribution in [0.5, 0.6) is 0 Å². The molecule has 2 aromatic heterocycles. The average Bonchev–Trinajstić information content (AvgIpc) is 2.91. The zero-order chi connectivity index (χ0) is 14.2. The normalized spacial score (nSPS) is 15.3. The van der Waals surface area contributed by atoms with E-state index in [1.165, 1.54) is 22.3 Å². The molecular weight excluding hydrogens is 262 g/mol. The van der Waals surface area contributed by atoms with Crippen molar-refractivity contribution in [1.29, 1.82) is 0 Å². The number of hydrogen-bond acceptors (Lipinski definition) is 4. The van der Waals surface area contributed by atoms with E-state index in [9.17, 15) is 0 Å². The first kappa shape index (κ1) is 12.5. The van der Waals surface area contributed by atoms with E-state index in [1.54, 1.807) is 0 Å². The van der Waals surface area contributed by atoms with Crippen LogP contribution in [-0.2, 0) is 19.5 Å². The van der Waals surface area contributed by atoms with Crippen molar-refractivity contribution >= 4 is 10.9 Å². The van der Waals surface area contributed by atoms with Crippen LogP contribution in [0.25, 0.3) is 10.9 Å². The molecule has 1 aromatic carbocycles. The Hall–Kier alpha value is -2.27. The van der Waals surface area contributed by atoms with E-state index in [-0.39, 0.29) is 0 Å². The number of fused-ring (bicyclic) bond motifs is 2. The summed E-state index contributed by atoms with van der Waals surface area (Å²) in [7, 11) is 0. The van der Waals surface area contributed by atoms with Crippen LogP contribution in [-0.4, -0.2) is 31.6 Å². The standard InChI is InChI=1S/C16H17N5/c1-11-17-8-12-9-21(7-6-14(12)18-11)10-16-13-4-2-3-5-15(13)19-20-16/h2-5,8H,6-7,9-10H2,1H3,(H,19,20). The van der Waals surface area contributed by atoms with Crippen molar-refractivity contribution in [3.63, 3.8) is 0 Å². The summed E-state index contributed by atoms with van der Waals surface area (Å²) in [6.45, 7) is 4.76. The largest absolute Gasteiger partial charge is 0.293 e. The maximum absolute atomic E-state index is 4.54. The number of aromatic nitrogens is 4. The second-order valence-electron chi connectivity index (χ2n) is 5.57. The Morgan fingerprint density at radius 1 is 1.29 bits per heavy atom. The zero-order valence-electron chi connectivity index (χ0n) is 12.0. The molecule has 0 saturated carbocycles. The molecule has 0 amide bonds. The number of rotatable bonds is 2. The highest BCUT2D eigenvalue weighted by atomic mass is 15.2. The molecule has 1 N–H and O–H groups in total. The van der Waals surface area contributed by atoms with E-state index in [2.05, 4.69) is 37.2 Å². The van der Waals surface area contributed by atoms with E-state index >= 15 is 0 Å². The predicted molar refractivity (Wildman–Crippen MR) is 80.7 cm³/mol. The summed E-state index contributed by atoms with van der Waals surface area (Å²) in [6.07, 6.45) is 2.96. The minimum atomic E-state index is 0.863. The Labute approximate surface area is 123 Å². The summed E-state index contributed by atoms with van der Waals surface area (Å²) in [5.41, 5.74) is 4.66. The molecule has 0 unspecified atom stereocenters. The van der Waals surface area contributed by atoms with E-state index in [0.29, 0.717) is 0 Å². The van der Waals surface area contributed by atoms with Crippen molar-refractivity contribution in [3.8, 4) is 0 Å². The molecule has 5 nitrogen and oxygen atoms in total. The quantitative estimate of drug-likeness (QED) is 0.781. The van der Waals surface area contributed by atoms with Crippen LogP contribution in [0.3, 0.4) is 0 Å². The van der Waals surface area contributed by atoms with Crippen LogP contribution < -0.4 is 0 Å². The molecule has 0 radical (unpaired) electrons. The van der Waals surface area contributed by atoms with Gasteiger partial charge in [0, 0.05) is 48.9 Å². The molecule has 1 aliphatic heterocycles. The predicted octanol–water partition coefficient (Wildman–Crippen LogP) is 2.22. The molecule has 106 valence electrons. The van der Waals surface area contributed by atoms with Crippen LogP contribution in [0, 0.1) is 6.92 Å². The molecule has 21 heavy (non-hydrogen) atoms. The number of benzene rings is 1. The average molecular weight is 279 g/mol. The maximum Gasteiger partial charge on any atom is 0.125 e. The van der Waals surface area contributed by atoms with Crippen molar-refractivity contribution in [2.45, 2.75) is 26.4 Å². The first-order chi connectivity index (χ1) is 10.3. The van der Waals surface area contributed by atoms with E-state index in [0.717, 1.165) is 37.4 Å². The van der Waals surface area contributed by atoms with Gasteiger partial charge >= 0.3 is 0 Å². The van der Waals surface area contributed by atoms with Gasteiger partial charge in [0.1, 0.15) is 5.82 Å². The number of aryl methyl sites for hydroxylation is 1. The third-order valence-electron chi connectivity index (χ3n) is 4.06. The van der Waals surface area contributed by atoms with Gasteiger partial charge in [-0.15, -0.1) is 0 Å². The summed E-state index contributed by atoms with van der Waals surface area (Å²) in [4.78, 5) is 11.3. The van der Waals surface area contributed by atoms with E-state index in [1.807, 2.05) is 25.3 Å². The fourth-order valence-corrected chi connectivity index (χ4v) is 2.97. The summed E-state index contributed by atoms with van der Waals surface area (Å²) in [5.74, 6) is 0.863. The van der Waals surface area contributed by atoms with Crippen molar-refractivity contribution in [3.05, 3.63) is 53.2 Å². The molecular formula is C16H17N5. The lowest BCUT2D eigenvalue weighted by Gasteiger charge is -2.27. The van der Waals surface area contributed by atoms with Gasteiger partial charge < -0.3 is 0 Å². The molecule has 0 fully saturated rings. The third-order valence-corrected chi connectivity index (χ3v) is 4.06. The van der Waals surface area contributed by atoms with Gasteiger partial charge in [-0.3, -0.25) is 10.00 Å². The molecule has 4 rings (SSSR count). The fourth-order valence-electron chi connectivity index (χ4n) is 2.97. The van der Waals surface area contributed by atoms with E-state index < -0.39 is 0 Å². The Balaban J connectivity index is 1.57. The van der Waals surface area contributed by atoms with E-state index in [4.69, 9.17) is 0 Å². The van der Waals surface area contributed by atoms with Crippen molar-refractivity contribution < 1.29 is 0 Å². The van der Waals surface area contributed by atoms with Gasteiger partial charge in [-0.2, -0.15) is 5.10 Å². The molecule has 1 aliphatic rings. The van der Waals surface area contributed by atoms with Gasteiger partial charge in [0.15, 0.2) is 0 Å². The number of nitrogens with zero attached hydrogens (tertiary/aromatic N) is 4. The molecule has 0 bridgehead atoms. The number of nitrogens with one attached hydrogen (secondary N) is 1. The highest BCUT2D eigenvalue weighted by Gasteiger charge is 2.19. The summed E-state index contributed by atoms with van der Waals surface area (Å²) < 4.78 is 0. The van der Waals surface area contributed by atoms with Gasteiger partial charge in [-0.1, -0.05) is 18.2 Å². The molecule has 5 heteroatoms. The number of para-hydroxylation sites is 1. The lowest BCUT2D eigenvalue weighted by atomic mass is 10.1. The Kier molecular flexibility index (Phi) is 2.93. The highest BCUT2D eigenvalue weighted by Crippen LogP contribution is 2.21.